The largest absolute Gasteiger partial charge is 0.448 e. The van der Waals surface area contributed by atoms with Crippen LogP contribution in [0.3, 0.4) is 0 Å². The maximum absolute atomic E-state index is 13.5. The molecule has 2 aromatic heterocycles. The molecule has 0 spiro atoms. The third kappa shape index (κ3) is 4.12. The van der Waals surface area contributed by atoms with Crippen molar-refractivity contribution in [3.63, 3.8) is 0 Å². The number of ether oxygens (including phenoxy) is 2. The highest BCUT2D eigenvalue weighted by molar-refractivity contribution is 6.33. The van der Waals surface area contributed by atoms with E-state index in [0.717, 1.165) is 6.20 Å². The van der Waals surface area contributed by atoms with E-state index in [1.807, 2.05) is 0 Å². The number of nitrogens with zero attached hydrogens (tertiary/aromatic N) is 4. The molecule has 14 heteroatoms. The Morgan fingerprint density at radius 1 is 1.25 bits per heavy atom. The fourth-order valence-electron chi connectivity index (χ4n) is 3.87. The summed E-state index contributed by atoms with van der Waals surface area (Å²) in [6.07, 6.45) is -3.66. The Kier molecular flexibility index (Phi) is 5.77. The molecule has 2 saturated heterocycles. The van der Waals surface area contributed by atoms with Gasteiger partial charge < -0.3 is 19.3 Å². The average Bonchev–Trinajstić information content (AvgIpc) is 3.29. The lowest BCUT2D eigenvalue weighted by Gasteiger charge is -2.35. The lowest BCUT2D eigenvalue weighted by molar-refractivity contribution is -0.137. The number of carbonyl (C=O) groups excluding carboxylic acids is 2. The van der Waals surface area contributed by atoms with Gasteiger partial charge in [0.1, 0.15) is 23.1 Å². The lowest BCUT2D eigenvalue weighted by atomic mass is 10.0. The highest BCUT2D eigenvalue weighted by atomic mass is 35.5. The van der Waals surface area contributed by atoms with E-state index in [2.05, 4.69) is 9.72 Å². The SMILES string of the molecule is O=C(c1nc2c(C(F)(F)F)cc(OC(F)F)cn2c1Cl)N1CCC(N2CCOC2=O)CC1. The van der Waals surface area contributed by atoms with Crippen LogP contribution in [0.4, 0.5) is 26.7 Å². The zero-order chi connectivity index (χ0) is 23.2. The van der Waals surface area contributed by atoms with E-state index in [0.29, 0.717) is 36.5 Å². The van der Waals surface area contributed by atoms with Crippen molar-refractivity contribution in [2.24, 2.45) is 0 Å². The van der Waals surface area contributed by atoms with E-state index in [4.69, 9.17) is 16.3 Å². The average molecular weight is 483 g/mol. The first-order chi connectivity index (χ1) is 15.1. The number of pyridine rings is 1. The van der Waals surface area contributed by atoms with Gasteiger partial charge in [0, 0.05) is 19.1 Å². The number of fused-ring (bicyclic) bond motifs is 1. The molecule has 32 heavy (non-hydrogen) atoms. The van der Waals surface area contributed by atoms with Crippen LogP contribution >= 0.6 is 11.6 Å². The molecule has 0 aliphatic carbocycles. The predicted molar refractivity (Wildman–Crippen MR) is 98.8 cm³/mol. The smallest absolute Gasteiger partial charge is 0.420 e. The van der Waals surface area contributed by atoms with Crippen molar-refractivity contribution in [2.75, 3.05) is 26.2 Å². The number of piperidine rings is 1. The molecule has 2 aromatic rings. The number of aromatic nitrogens is 2. The van der Waals surface area contributed by atoms with Gasteiger partial charge in [0.15, 0.2) is 11.3 Å². The maximum Gasteiger partial charge on any atom is 0.420 e. The zero-order valence-corrected chi connectivity index (χ0v) is 17.0. The Morgan fingerprint density at radius 2 is 1.94 bits per heavy atom. The summed E-state index contributed by atoms with van der Waals surface area (Å²) in [6.45, 7) is -2.15. The third-order valence-corrected chi connectivity index (χ3v) is 5.72. The molecule has 2 aliphatic heterocycles. The number of carbonyl (C=O) groups is 2. The quantitative estimate of drug-likeness (QED) is 0.622. The monoisotopic (exact) mass is 482 g/mol. The zero-order valence-electron chi connectivity index (χ0n) is 16.2. The van der Waals surface area contributed by atoms with Crippen LogP contribution in [-0.4, -0.2) is 70.1 Å². The molecule has 4 heterocycles. The molecule has 2 amide bonds. The summed E-state index contributed by atoms with van der Waals surface area (Å²) in [5.74, 6) is -1.48. The van der Waals surface area contributed by atoms with E-state index in [1.54, 1.807) is 4.90 Å². The summed E-state index contributed by atoms with van der Waals surface area (Å²) < 4.78 is 75.2. The molecular weight excluding hydrogens is 467 g/mol. The van der Waals surface area contributed by atoms with Crippen LogP contribution in [0, 0.1) is 0 Å². The summed E-state index contributed by atoms with van der Waals surface area (Å²) in [5.41, 5.74) is -2.52. The molecule has 0 radical (unpaired) electrons. The highest BCUT2D eigenvalue weighted by Crippen LogP contribution is 2.37. The topological polar surface area (TPSA) is 76.4 Å². The van der Waals surface area contributed by atoms with E-state index in [-0.39, 0.29) is 19.1 Å². The van der Waals surface area contributed by atoms with Gasteiger partial charge in [0.25, 0.3) is 5.91 Å². The van der Waals surface area contributed by atoms with Crippen molar-refractivity contribution in [1.82, 2.24) is 19.2 Å². The third-order valence-electron chi connectivity index (χ3n) is 5.35. The van der Waals surface area contributed by atoms with Crippen molar-refractivity contribution < 1.29 is 41.0 Å². The van der Waals surface area contributed by atoms with Crippen LogP contribution < -0.4 is 4.74 Å². The summed E-state index contributed by atoms with van der Waals surface area (Å²) in [4.78, 5) is 31.4. The molecule has 2 fully saturated rings. The number of likely N-dealkylation sites (tertiary alicyclic amines) is 1. The number of rotatable bonds is 4. The van der Waals surface area contributed by atoms with E-state index in [1.165, 1.54) is 4.90 Å². The van der Waals surface area contributed by atoms with Crippen molar-refractivity contribution in [2.45, 2.75) is 31.7 Å². The van der Waals surface area contributed by atoms with Crippen LogP contribution in [0.2, 0.25) is 5.15 Å². The Labute approximate surface area is 182 Å². The second-order valence-electron chi connectivity index (χ2n) is 7.24. The van der Waals surface area contributed by atoms with Gasteiger partial charge in [-0.1, -0.05) is 11.6 Å². The minimum absolute atomic E-state index is 0.114. The van der Waals surface area contributed by atoms with Gasteiger partial charge in [0.2, 0.25) is 0 Å². The minimum atomic E-state index is -4.96. The van der Waals surface area contributed by atoms with Gasteiger partial charge in [-0.3, -0.25) is 9.20 Å². The maximum atomic E-state index is 13.5. The molecule has 8 nitrogen and oxygen atoms in total. The second-order valence-corrected chi connectivity index (χ2v) is 7.60. The number of hydrogen-bond acceptors (Lipinski definition) is 5. The molecule has 0 N–H and O–H groups in total. The van der Waals surface area contributed by atoms with Crippen molar-refractivity contribution in [3.05, 3.63) is 28.7 Å². The summed E-state index contributed by atoms with van der Waals surface area (Å²) in [7, 11) is 0. The van der Waals surface area contributed by atoms with E-state index < -0.39 is 52.6 Å². The molecule has 0 aromatic carbocycles. The summed E-state index contributed by atoms with van der Waals surface area (Å²) >= 11 is 6.13. The van der Waals surface area contributed by atoms with Crippen LogP contribution in [-0.2, 0) is 10.9 Å². The van der Waals surface area contributed by atoms with Crippen LogP contribution in [0.25, 0.3) is 5.65 Å². The number of hydrogen-bond donors (Lipinski definition) is 0. The molecule has 4 rings (SSSR count). The predicted octanol–water partition coefficient (Wildman–Crippen LogP) is 3.66. The molecule has 0 bridgehead atoms. The minimum Gasteiger partial charge on any atom is -0.448 e. The molecule has 2 aliphatic rings. The molecule has 0 unspecified atom stereocenters. The molecule has 0 atom stereocenters. The number of halogens is 6. The first-order valence-electron chi connectivity index (χ1n) is 9.52. The lowest BCUT2D eigenvalue weighted by Crippen LogP contribution is -2.47. The van der Waals surface area contributed by atoms with Gasteiger partial charge in [-0.25, -0.2) is 9.78 Å². The van der Waals surface area contributed by atoms with Gasteiger partial charge in [-0.2, -0.15) is 22.0 Å². The number of amides is 2. The van der Waals surface area contributed by atoms with Gasteiger partial charge in [-0.15, -0.1) is 0 Å². The first kappa shape index (κ1) is 22.4. The van der Waals surface area contributed by atoms with Gasteiger partial charge in [0.05, 0.1) is 12.7 Å². The highest BCUT2D eigenvalue weighted by Gasteiger charge is 2.38. The normalized spacial score (nSPS) is 18.0. The number of imidazole rings is 1. The van der Waals surface area contributed by atoms with Crippen LogP contribution in [0.5, 0.6) is 5.75 Å². The number of alkyl halides is 5. The van der Waals surface area contributed by atoms with Gasteiger partial charge >= 0.3 is 18.9 Å². The fourth-order valence-corrected chi connectivity index (χ4v) is 4.12. The Bertz CT molecular complexity index is 1050. The second kappa shape index (κ2) is 8.26. The molecular formula is C18H16ClF5N4O4. The van der Waals surface area contributed by atoms with Crippen molar-refractivity contribution in [1.29, 1.82) is 0 Å². The first-order valence-corrected chi connectivity index (χ1v) is 9.90. The molecule has 0 saturated carbocycles. The van der Waals surface area contributed by atoms with Gasteiger partial charge in [-0.05, 0) is 18.9 Å². The van der Waals surface area contributed by atoms with E-state index in [9.17, 15) is 31.5 Å². The molecule has 174 valence electrons. The standard InChI is InChI=1S/C18H16ClF5N4O4/c19-13-12(15(29)26-3-1-9(2-4-26)27-5-6-31-17(27)30)25-14-11(18(22,23)24)7-10(8-28(13)14)32-16(20)21/h7-9,16H,1-6H2. The Morgan fingerprint density at radius 3 is 2.50 bits per heavy atom. The summed E-state index contributed by atoms with van der Waals surface area (Å²) in [6, 6.07) is 0.260. The summed E-state index contributed by atoms with van der Waals surface area (Å²) in [5, 5.41) is -0.458. The Hall–Kier alpha value is -2.83. The fraction of sp³-hybridized carbons (Fsp3) is 0.500. The van der Waals surface area contributed by atoms with Crippen LogP contribution in [0.1, 0.15) is 28.9 Å². The van der Waals surface area contributed by atoms with E-state index >= 15 is 0 Å². The van der Waals surface area contributed by atoms with Crippen LogP contribution in [0.15, 0.2) is 12.3 Å². The van der Waals surface area contributed by atoms with Crippen molar-refractivity contribution >= 4 is 29.2 Å². The van der Waals surface area contributed by atoms with Crippen molar-refractivity contribution in [3.8, 4) is 5.75 Å². The Balaban J connectivity index is 1.61. The number of cyclic esters (lactones) is 1.